The number of aromatic nitrogens is 2. The lowest BCUT2D eigenvalue weighted by Gasteiger charge is -2.10. The summed E-state index contributed by atoms with van der Waals surface area (Å²) < 4.78 is 26.7. The molecule has 3 rings (SSSR count). The first kappa shape index (κ1) is 13.2. The third-order valence-corrected chi connectivity index (χ3v) is 3.12. The Bertz CT molecular complexity index is 861. The van der Waals surface area contributed by atoms with Crippen LogP contribution in [0.3, 0.4) is 0 Å². The lowest BCUT2D eigenvalue weighted by Crippen LogP contribution is -2.09. The van der Waals surface area contributed by atoms with Gasteiger partial charge in [0.05, 0.1) is 11.7 Å². The number of nitrogens with zero attached hydrogens (tertiary/aromatic N) is 1. The molecule has 106 valence electrons. The van der Waals surface area contributed by atoms with Gasteiger partial charge in [-0.2, -0.15) is 0 Å². The molecule has 0 amide bonds. The van der Waals surface area contributed by atoms with Crippen LogP contribution in [0, 0.1) is 11.6 Å². The second kappa shape index (κ2) is 5.32. The topological polar surface area (TPSA) is 57.8 Å². The van der Waals surface area contributed by atoms with Crippen LogP contribution in [-0.2, 0) is 6.54 Å². The van der Waals surface area contributed by atoms with Crippen molar-refractivity contribution in [3.8, 4) is 0 Å². The van der Waals surface area contributed by atoms with E-state index in [1.165, 1.54) is 12.3 Å². The molecule has 1 aromatic carbocycles. The predicted molar refractivity (Wildman–Crippen MR) is 76.0 cm³/mol. The molecule has 0 fully saturated rings. The third-order valence-electron chi connectivity index (χ3n) is 3.12. The summed E-state index contributed by atoms with van der Waals surface area (Å²) in [4.78, 5) is 18.2. The van der Waals surface area contributed by atoms with Gasteiger partial charge in [-0.05, 0) is 24.3 Å². The number of rotatable bonds is 3. The van der Waals surface area contributed by atoms with Gasteiger partial charge in [-0.15, -0.1) is 0 Å². The smallest absolute Gasteiger partial charge is 0.250 e. The Morgan fingerprint density at radius 2 is 2.05 bits per heavy atom. The van der Waals surface area contributed by atoms with E-state index in [0.29, 0.717) is 11.2 Å². The number of hydrogen-bond donors (Lipinski definition) is 2. The number of aromatic amines is 1. The molecule has 0 aliphatic carbocycles. The summed E-state index contributed by atoms with van der Waals surface area (Å²) in [6, 6.07) is 6.37. The second-order valence-corrected chi connectivity index (χ2v) is 4.56. The number of H-pyrrole nitrogens is 1. The SMILES string of the molecule is O=c1cc(NCc2cc(F)ccc2F)c2ccncc2[nH]1. The molecule has 4 nitrogen and oxygen atoms in total. The molecule has 21 heavy (non-hydrogen) atoms. The molecule has 0 bridgehead atoms. The van der Waals surface area contributed by atoms with Crippen molar-refractivity contribution in [1.82, 2.24) is 9.97 Å². The summed E-state index contributed by atoms with van der Waals surface area (Å²) in [7, 11) is 0. The fourth-order valence-electron chi connectivity index (χ4n) is 2.12. The summed E-state index contributed by atoms with van der Waals surface area (Å²) in [6.45, 7) is 0.0739. The molecule has 0 aliphatic rings. The van der Waals surface area contributed by atoms with E-state index in [0.717, 1.165) is 23.6 Å². The van der Waals surface area contributed by atoms with Crippen molar-refractivity contribution in [2.24, 2.45) is 0 Å². The van der Waals surface area contributed by atoms with Crippen molar-refractivity contribution in [3.63, 3.8) is 0 Å². The predicted octanol–water partition coefficient (Wildman–Crippen LogP) is 2.81. The summed E-state index contributed by atoms with van der Waals surface area (Å²) in [6.07, 6.45) is 3.12. The van der Waals surface area contributed by atoms with Crippen LogP contribution >= 0.6 is 0 Å². The molecule has 0 unspecified atom stereocenters. The van der Waals surface area contributed by atoms with Crippen LogP contribution < -0.4 is 10.9 Å². The Hall–Kier alpha value is -2.76. The molecule has 0 saturated carbocycles. The van der Waals surface area contributed by atoms with E-state index in [1.54, 1.807) is 12.3 Å². The lowest BCUT2D eigenvalue weighted by atomic mass is 10.2. The number of halogens is 2. The van der Waals surface area contributed by atoms with Crippen LogP contribution in [0.25, 0.3) is 10.9 Å². The summed E-state index contributed by atoms with van der Waals surface area (Å²) in [5.41, 5.74) is 1.02. The molecule has 6 heteroatoms. The van der Waals surface area contributed by atoms with Crippen LogP contribution in [0.2, 0.25) is 0 Å². The molecule has 2 heterocycles. The van der Waals surface area contributed by atoms with Crippen molar-refractivity contribution in [2.75, 3.05) is 5.32 Å². The zero-order valence-corrected chi connectivity index (χ0v) is 10.9. The van der Waals surface area contributed by atoms with Gasteiger partial charge in [-0.25, -0.2) is 8.78 Å². The molecule has 2 aromatic heterocycles. The molecule has 0 atom stereocenters. The Morgan fingerprint density at radius 1 is 1.19 bits per heavy atom. The normalized spacial score (nSPS) is 10.8. The number of nitrogens with one attached hydrogen (secondary N) is 2. The second-order valence-electron chi connectivity index (χ2n) is 4.56. The lowest BCUT2D eigenvalue weighted by molar-refractivity contribution is 0.587. The van der Waals surface area contributed by atoms with Gasteiger partial charge in [0, 0.05) is 35.4 Å². The van der Waals surface area contributed by atoms with E-state index >= 15 is 0 Å². The van der Waals surface area contributed by atoms with E-state index < -0.39 is 11.6 Å². The summed E-state index contributed by atoms with van der Waals surface area (Å²) in [5.74, 6) is -1.01. The van der Waals surface area contributed by atoms with Crippen LogP contribution in [-0.4, -0.2) is 9.97 Å². The highest BCUT2D eigenvalue weighted by Gasteiger charge is 2.06. The quantitative estimate of drug-likeness (QED) is 0.778. The minimum Gasteiger partial charge on any atom is -0.380 e. The van der Waals surface area contributed by atoms with Gasteiger partial charge in [-0.1, -0.05) is 0 Å². The highest BCUT2D eigenvalue weighted by atomic mass is 19.1. The van der Waals surface area contributed by atoms with Crippen molar-refractivity contribution < 1.29 is 8.78 Å². The Balaban J connectivity index is 1.95. The molecular formula is C15H11F2N3O. The number of benzene rings is 1. The van der Waals surface area contributed by atoms with Gasteiger partial charge in [-0.3, -0.25) is 9.78 Å². The van der Waals surface area contributed by atoms with Gasteiger partial charge in [0.1, 0.15) is 11.6 Å². The number of fused-ring (bicyclic) bond motifs is 1. The maximum atomic E-state index is 13.6. The van der Waals surface area contributed by atoms with Crippen LogP contribution in [0.15, 0.2) is 47.5 Å². The highest BCUT2D eigenvalue weighted by Crippen LogP contribution is 2.20. The molecule has 2 N–H and O–H groups in total. The van der Waals surface area contributed by atoms with E-state index in [9.17, 15) is 13.6 Å². The number of hydrogen-bond acceptors (Lipinski definition) is 3. The average Bonchev–Trinajstić information content (AvgIpc) is 2.47. The zero-order chi connectivity index (χ0) is 14.8. The third kappa shape index (κ3) is 2.74. The first-order valence-corrected chi connectivity index (χ1v) is 6.28. The maximum Gasteiger partial charge on any atom is 0.250 e. The fraction of sp³-hybridized carbons (Fsp3) is 0.0667. The van der Waals surface area contributed by atoms with E-state index in [2.05, 4.69) is 15.3 Å². The number of anilines is 1. The van der Waals surface area contributed by atoms with Crippen molar-refractivity contribution >= 4 is 16.6 Å². The standard InChI is InChI=1S/C15H11F2N3O/c16-10-1-2-12(17)9(5-10)7-19-13-6-15(21)20-14-8-18-4-3-11(13)14/h1-6,8H,7H2,(H2,19,20,21). The molecule has 0 spiro atoms. The molecule has 0 saturated heterocycles. The zero-order valence-electron chi connectivity index (χ0n) is 10.9. The molecule has 0 radical (unpaired) electrons. The Labute approximate surface area is 118 Å². The average molecular weight is 287 g/mol. The maximum absolute atomic E-state index is 13.6. The number of pyridine rings is 2. The van der Waals surface area contributed by atoms with E-state index in [-0.39, 0.29) is 17.7 Å². The van der Waals surface area contributed by atoms with E-state index in [1.807, 2.05) is 0 Å². The molecule has 0 aliphatic heterocycles. The molecular weight excluding hydrogens is 276 g/mol. The fourth-order valence-corrected chi connectivity index (χ4v) is 2.12. The van der Waals surface area contributed by atoms with Gasteiger partial charge >= 0.3 is 0 Å². The first-order chi connectivity index (χ1) is 10.1. The van der Waals surface area contributed by atoms with Gasteiger partial charge in [0.25, 0.3) is 5.56 Å². The van der Waals surface area contributed by atoms with Crippen molar-refractivity contribution in [2.45, 2.75) is 6.54 Å². The van der Waals surface area contributed by atoms with Crippen LogP contribution in [0.1, 0.15) is 5.56 Å². The van der Waals surface area contributed by atoms with Crippen molar-refractivity contribution in [3.05, 3.63) is 70.3 Å². The Morgan fingerprint density at radius 3 is 2.90 bits per heavy atom. The first-order valence-electron chi connectivity index (χ1n) is 6.28. The van der Waals surface area contributed by atoms with Gasteiger partial charge in [0.15, 0.2) is 0 Å². The largest absolute Gasteiger partial charge is 0.380 e. The highest BCUT2D eigenvalue weighted by molar-refractivity contribution is 5.90. The summed E-state index contributed by atoms with van der Waals surface area (Å²) >= 11 is 0. The van der Waals surface area contributed by atoms with Crippen LogP contribution in [0.4, 0.5) is 14.5 Å². The Kier molecular flexibility index (Phi) is 3.35. The van der Waals surface area contributed by atoms with E-state index in [4.69, 9.17) is 0 Å². The minimum atomic E-state index is -0.506. The van der Waals surface area contributed by atoms with Crippen LogP contribution in [0.5, 0.6) is 0 Å². The van der Waals surface area contributed by atoms with Gasteiger partial charge < -0.3 is 10.3 Å². The summed E-state index contributed by atoms with van der Waals surface area (Å²) in [5, 5.41) is 3.71. The van der Waals surface area contributed by atoms with Crippen molar-refractivity contribution in [1.29, 1.82) is 0 Å². The monoisotopic (exact) mass is 287 g/mol. The van der Waals surface area contributed by atoms with Gasteiger partial charge in [0.2, 0.25) is 0 Å². The molecule has 3 aromatic rings. The minimum absolute atomic E-state index is 0.0739.